The first-order valence-corrected chi connectivity index (χ1v) is 7.67. The van der Waals surface area contributed by atoms with Crippen LogP contribution in [-0.2, 0) is 17.0 Å². The van der Waals surface area contributed by atoms with Crippen LogP contribution in [0.2, 0.25) is 10.0 Å². The largest absolute Gasteiger partial charge is 0.481 e. The molecule has 0 aliphatic heterocycles. The molecule has 0 aromatic heterocycles. The number of benzene rings is 2. The highest BCUT2D eigenvalue weighted by Gasteiger charge is 2.06. The van der Waals surface area contributed by atoms with Crippen LogP contribution in [0.3, 0.4) is 0 Å². The van der Waals surface area contributed by atoms with E-state index in [9.17, 15) is 4.79 Å². The van der Waals surface area contributed by atoms with Gasteiger partial charge >= 0.3 is 5.97 Å². The molecule has 0 aliphatic carbocycles. The summed E-state index contributed by atoms with van der Waals surface area (Å²) in [6, 6.07) is 12.9. The van der Waals surface area contributed by atoms with Gasteiger partial charge in [-0.3, -0.25) is 4.79 Å². The molecule has 0 fully saturated rings. The number of halogens is 2. The Balaban J connectivity index is 2.02. The van der Waals surface area contributed by atoms with Crippen LogP contribution in [0.5, 0.6) is 0 Å². The van der Waals surface area contributed by atoms with Crippen molar-refractivity contribution in [2.45, 2.75) is 17.1 Å². The number of carboxylic acids is 1. The highest BCUT2D eigenvalue weighted by atomic mass is 35.5. The fraction of sp³-hybridized carbons (Fsp3) is 0.133. The van der Waals surface area contributed by atoms with Crippen LogP contribution in [0.4, 0.5) is 0 Å². The van der Waals surface area contributed by atoms with E-state index in [0.717, 1.165) is 16.0 Å². The van der Waals surface area contributed by atoms with Gasteiger partial charge in [-0.1, -0.05) is 41.4 Å². The SMILES string of the molecule is O=C(O)Cc1ccc(SCc2c(Cl)cccc2Cl)cc1. The van der Waals surface area contributed by atoms with Crippen LogP contribution in [0.25, 0.3) is 0 Å². The molecule has 0 spiro atoms. The molecule has 0 saturated heterocycles. The van der Waals surface area contributed by atoms with Gasteiger partial charge in [0.05, 0.1) is 6.42 Å². The van der Waals surface area contributed by atoms with Gasteiger partial charge in [-0.05, 0) is 35.4 Å². The summed E-state index contributed by atoms with van der Waals surface area (Å²) in [5.41, 5.74) is 1.70. The third-order valence-electron chi connectivity index (χ3n) is 2.72. The maximum absolute atomic E-state index is 10.6. The second-order valence-electron chi connectivity index (χ2n) is 4.20. The summed E-state index contributed by atoms with van der Waals surface area (Å²) < 4.78 is 0. The predicted molar refractivity (Wildman–Crippen MR) is 83.8 cm³/mol. The minimum absolute atomic E-state index is 0.0429. The fourth-order valence-corrected chi connectivity index (χ4v) is 3.34. The van der Waals surface area contributed by atoms with Gasteiger partial charge in [0.1, 0.15) is 0 Å². The Labute approximate surface area is 131 Å². The summed E-state index contributed by atoms with van der Waals surface area (Å²) >= 11 is 13.8. The molecule has 0 radical (unpaired) electrons. The topological polar surface area (TPSA) is 37.3 Å². The first kappa shape index (κ1) is 15.2. The fourth-order valence-electron chi connectivity index (χ4n) is 1.70. The lowest BCUT2D eigenvalue weighted by Gasteiger charge is -2.07. The molecule has 104 valence electrons. The number of hydrogen-bond acceptors (Lipinski definition) is 2. The Hall–Kier alpha value is -1.16. The summed E-state index contributed by atoms with van der Waals surface area (Å²) in [6.07, 6.45) is 0.0429. The molecular formula is C15H12Cl2O2S. The highest BCUT2D eigenvalue weighted by Crippen LogP contribution is 2.31. The summed E-state index contributed by atoms with van der Waals surface area (Å²) in [6.45, 7) is 0. The molecule has 0 amide bonds. The molecule has 2 rings (SSSR count). The molecule has 5 heteroatoms. The van der Waals surface area contributed by atoms with Gasteiger partial charge in [-0.25, -0.2) is 0 Å². The van der Waals surface area contributed by atoms with Gasteiger partial charge in [0.15, 0.2) is 0 Å². The minimum Gasteiger partial charge on any atom is -0.481 e. The van der Waals surface area contributed by atoms with Crippen molar-refractivity contribution in [1.82, 2.24) is 0 Å². The molecule has 20 heavy (non-hydrogen) atoms. The third kappa shape index (κ3) is 4.17. The summed E-state index contributed by atoms with van der Waals surface area (Å²) in [7, 11) is 0. The number of thioether (sulfide) groups is 1. The predicted octanol–water partition coefficient (Wildman–Crippen LogP) is 4.91. The zero-order chi connectivity index (χ0) is 14.5. The lowest BCUT2D eigenvalue weighted by Crippen LogP contribution is -1.99. The van der Waals surface area contributed by atoms with E-state index in [2.05, 4.69) is 0 Å². The smallest absolute Gasteiger partial charge is 0.307 e. The van der Waals surface area contributed by atoms with Crippen molar-refractivity contribution in [3.8, 4) is 0 Å². The normalized spacial score (nSPS) is 10.5. The van der Waals surface area contributed by atoms with Gasteiger partial charge < -0.3 is 5.11 Å². The maximum Gasteiger partial charge on any atom is 0.307 e. The first-order chi connectivity index (χ1) is 9.56. The van der Waals surface area contributed by atoms with Crippen molar-refractivity contribution in [3.63, 3.8) is 0 Å². The van der Waals surface area contributed by atoms with E-state index in [1.54, 1.807) is 11.8 Å². The van der Waals surface area contributed by atoms with Gasteiger partial charge in [0, 0.05) is 20.7 Å². The van der Waals surface area contributed by atoms with Gasteiger partial charge in [-0.2, -0.15) is 0 Å². The molecule has 2 aromatic rings. The number of carbonyl (C=O) groups is 1. The number of carboxylic acid groups (broad SMARTS) is 1. The van der Waals surface area contributed by atoms with Gasteiger partial charge in [0.2, 0.25) is 0 Å². The second-order valence-corrected chi connectivity index (χ2v) is 6.07. The van der Waals surface area contributed by atoms with Crippen molar-refractivity contribution in [2.75, 3.05) is 0 Å². The van der Waals surface area contributed by atoms with E-state index in [1.165, 1.54) is 0 Å². The van der Waals surface area contributed by atoms with Crippen molar-refractivity contribution in [1.29, 1.82) is 0 Å². The number of aliphatic carboxylic acids is 1. The van der Waals surface area contributed by atoms with Crippen LogP contribution in [-0.4, -0.2) is 11.1 Å². The lowest BCUT2D eigenvalue weighted by molar-refractivity contribution is -0.136. The van der Waals surface area contributed by atoms with Gasteiger partial charge in [0.25, 0.3) is 0 Å². The van der Waals surface area contributed by atoms with Crippen molar-refractivity contribution in [2.24, 2.45) is 0 Å². The molecule has 2 aromatic carbocycles. The molecule has 0 heterocycles. The number of hydrogen-bond donors (Lipinski definition) is 1. The summed E-state index contributed by atoms with van der Waals surface area (Å²) in [5, 5.41) is 10.0. The molecule has 0 unspecified atom stereocenters. The average Bonchev–Trinajstić information content (AvgIpc) is 2.39. The third-order valence-corrected chi connectivity index (χ3v) is 4.47. The van der Waals surface area contributed by atoms with Crippen molar-refractivity contribution < 1.29 is 9.90 Å². The Bertz CT molecular complexity index is 592. The summed E-state index contributed by atoms with van der Waals surface area (Å²) in [5.74, 6) is -0.148. The standard InChI is InChI=1S/C15H12Cl2O2S/c16-13-2-1-3-14(17)12(13)9-20-11-6-4-10(5-7-11)8-15(18)19/h1-7H,8-9H2,(H,18,19). The zero-order valence-corrected chi connectivity index (χ0v) is 12.8. The average molecular weight is 327 g/mol. The van der Waals surface area contributed by atoms with Crippen LogP contribution < -0.4 is 0 Å². The molecule has 0 bridgehead atoms. The summed E-state index contributed by atoms with van der Waals surface area (Å²) in [4.78, 5) is 11.7. The van der Waals surface area contributed by atoms with Crippen LogP contribution in [0, 0.1) is 0 Å². The van der Waals surface area contributed by atoms with Crippen LogP contribution in [0.1, 0.15) is 11.1 Å². The Morgan fingerprint density at radius 1 is 1.05 bits per heavy atom. The second kappa shape index (κ2) is 7.02. The van der Waals surface area contributed by atoms with E-state index in [0.29, 0.717) is 15.8 Å². The monoisotopic (exact) mass is 326 g/mol. The molecular weight excluding hydrogens is 315 g/mol. The van der Waals surface area contributed by atoms with E-state index in [1.807, 2.05) is 42.5 Å². The highest BCUT2D eigenvalue weighted by molar-refractivity contribution is 7.98. The van der Waals surface area contributed by atoms with Crippen molar-refractivity contribution in [3.05, 3.63) is 63.6 Å². The molecule has 2 nitrogen and oxygen atoms in total. The maximum atomic E-state index is 10.6. The quantitative estimate of drug-likeness (QED) is 0.793. The van der Waals surface area contributed by atoms with Gasteiger partial charge in [-0.15, -0.1) is 11.8 Å². The lowest BCUT2D eigenvalue weighted by atomic mass is 10.2. The van der Waals surface area contributed by atoms with E-state index in [4.69, 9.17) is 28.3 Å². The van der Waals surface area contributed by atoms with Crippen LogP contribution in [0.15, 0.2) is 47.4 Å². The molecule has 0 aliphatic rings. The van der Waals surface area contributed by atoms with Crippen LogP contribution >= 0.6 is 35.0 Å². The molecule has 1 N–H and O–H groups in total. The molecule has 0 saturated carbocycles. The van der Waals surface area contributed by atoms with E-state index < -0.39 is 5.97 Å². The Morgan fingerprint density at radius 2 is 1.65 bits per heavy atom. The zero-order valence-electron chi connectivity index (χ0n) is 10.5. The van der Waals surface area contributed by atoms with E-state index >= 15 is 0 Å². The Kier molecular flexibility index (Phi) is 5.35. The number of rotatable bonds is 5. The van der Waals surface area contributed by atoms with Crippen molar-refractivity contribution >= 4 is 40.9 Å². The first-order valence-electron chi connectivity index (χ1n) is 5.92. The Morgan fingerprint density at radius 3 is 2.20 bits per heavy atom. The van der Waals surface area contributed by atoms with E-state index in [-0.39, 0.29) is 6.42 Å². The minimum atomic E-state index is -0.826. The molecule has 0 atom stereocenters.